The van der Waals surface area contributed by atoms with Gasteiger partial charge in [0, 0.05) is 12.1 Å². The van der Waals surface area contributed by atoms with E-state index in [1.165, 1.54) is 54.9 Å². The Hall–Kier alpha value is -1.54. The minimum atomic E-state index is 0.810. The molecule has 2 heteroatoms. The third-order valence-electron chi connectivity index (χ3n) is 5.21. The normalized spacial score (nSPS) is 15.7. The zero-order valence-corrected chi connectivity index (χ0v) is 15.0. The highest BCUT2D eigenvalue weighted by Crippen LogP contribution is 2.29. The zero-order valence-electron chi connectivity index (χ0n) is 15.0. The SMILES string of the molecule is CCCCOc1ccc2ccccc2c1CNCC1CCCCC1. The number of fused-ring (bicyclic) bond motifs is 1. The van der Waals surface area contributed by atoms with Crippen molar-refractivity contribution in [2.75, 3.05) is 13.2 Å². The van der Waals surface area contributed by atoms with Crippen molar-refractivity contribution < 1.29 is 4.74 Å². The molecule has 0 atom stereocenters. The van der Waals surface area contributed by atoms with Gasteiger partial charge in [-0.25, -0.2) is 0 Å². The Morgan fingerprint density at radius 1 is 1.04 bits per heavy atom. The fourth-order valence-corrected chi connectivity index (χ4v) is 3.75. The molecule has 24 heavy (non-hydrogen) atoms. The van der Waals surface area contributed by atoms with E-state index in [1.54, 1.807) is 0 Å². The summed E-state index contributed by atoms with van der Waals surface area (Å²) < 4.78 is 6.09. The van der Waals surface area contributed by atoms with Crippen LogP contribution in [0.5, 0.6) is 5.75 Å². The molecular weight excluding hydrogens is 294 g/mol. The standard InChI is InChI=1S/C22H31NO/c1-2-3-15-24-22-14-13-19-11-7-8-12-20(19)21(22)17-23-16-18-9-5-4-6-10-18/h7-8,11-14,18,23H,2-6,9-10,15-17H2,1H3. The molecule has 0 bridgehead atoms. The summed E-state index contributed by atoms with van der Waals surface area (Å²) in [5.41, 5.74) is 1.32. The van der Waals surface area contributed by atoms with Gasteiger partial charge in [-0.05, 0) is 48.6 Å². The lowest BCUT2D eigenvalue weighted by Gasteiger charge is -2.22. The molecule has 130 valence electrons. The van der Waals surface area contributed by atoms with Crippen molar-refractivity contribution in [3.8, 4) is 5.75 Å². The first kappa shape index (κ1) is 17.3. The Morgan fingerprint density at radius 3 is 2.71 bits per heavy atom. The molecule has 3 rings (SSSR count). The fourth-order valence-electron chi connectivity index (χ4n) is 3.75. The average molecular weight is 325 g/mol. The van der Waals surface area contributed by atoms with E-state index >= 15 is 0 Å². The van der Waals surface area contributed by atoms with Crippen LogP contribution in [0, 0.1) is 5.92 Å². The third-order valence-corrected chi connectivity index (χ3v) is 5.21. The van der Waals surface area contributed by atoms with Crippen LogP contribution in [0.2, 0.25) is 0 Å². The van der Waals surface area contributed by atoms with Gasteiger partial charge in [0.2, 0.25) is 0 Å². The highest BCUT2D eigenvalue weighted by atomic mass is 16.5. The molecule has 1 aliphatic rings. The van der Waals surface area contributed by atoms with Crippen molar-refractivity contribution in [3.63, 3.8) is 0 Å². The molecule has 2 aromatic carbocycles. The Bertz CT molecular complexity index is 631. The van der Waals surface area contributed by atoms with Crippen LogP contribution in [0.3, 0.4) is 0 Å². The molecule has 1 aliphatic carbocycles. The smallest absolute Gasteiger partial charge is 0.124 e. The summed E-state index contributed by atoms with van der Waals surface area (Å²) in [5.74, 6) is 1.91. The molecule has 0 heterocycles. The summed E-state index contributed by atoms with van der Waals surface area (Å²) in [6.07, 6.45) is 9.31. The molecule has 0 aromatic heterocycles. The average Bonchev–Trinajstić information content (AvgIpc) is 2.64. The van der Waals surface area contributed by atoms with Gasteiger partial charge in [0.15, 0.2) is 0 Å². The fraction of sp³-hybridized carbons (Fsp3) is 0.545. The topological polar surface area (TPSA) is 21.3 Å². The second kappa shape index (κ2) is 9.08. The lowest BCUT2D eigenvalue weighted by atomic mass is 9.89. The van der Waals surface area contributed by atoms with E-state index in [0.717, 1.165) is 37.8 Å². The number of unbranched alkanes of at least 4 members (excludes halogenated alkanes) is 1. The Kier molecular flexibility index (Phi) is 6.54. The van der Waals surface area contributed by atoms with Crippen LogP contribution < -0.4 is 10.1 Å². The highest BCUT2D eigenvalue weighted by Gasteiger charge is 2.14. The van der Waals surface area contributed by atoms with E-state index in [1.807, 2.05) is 0 Å². The van der Waals surface area contributed by atoms with Gasteiger partial charge in [-0.2, -0.15) is 0 Å². The van der Waals surface area contributed by atoms with Crippen LogP contribution in [0.25, 0.3) is 10.8 Å². The van der Waals surface area contributed by atoms with Crippen LogP contribution in [-0.2, 0) is 6.54 Å². The van der Waals surface area contributed by atoms with Crippen LogP contribution in [0.1, 0.15) is 57.4 Å². The molecule has 1 saturated carbocycles. The molecule has 0 unspecified atom stereocenters. The number of hydrogen-bond acceptors (Lipinski definition) is 2. The van der Waals surface area contributed by atoms with Crippen LogP contribution in [0.4, 0.5) is 0 Å². The molecule has 2 nitrogen and oxygen atoms in total. The van der Waals surface area contributed by atoms with E-state index in [2.05, 4.69) is 48.6 Å². The van der Waals surface area contributed by atoms with Crippen molar-refractivity contribution >= 4 is 10.8 Å². The monoisotopic (exact) mass is 325 g/mol. The first-order chi connectivity index (χ1) is 11.9. The maximum atomic E-state index is 6.09. The molecule has 2 aromatic rings. The number of rotatable bonds is 8. The minimum Gasteiger partial charge on any atom is -0.493 e. The summed E-state index contributed by atoms with van der Waals surface area (Å²) in [7, 11) is 0. The quantitative estimate of drug-likeness (QED) is 0.630. The van der Waals surface area contributed by atoms with Crippen molar-refractivity contribution in [1.82, 2.24) is 5.32 Å². The van der Waals surface area contributed by atoms with Gasteiger partial charge < -0.3 is 10.1 Å². The van der Waals surface area contributed by atoms with Crippen LogP contribution in [-0.4, -0.2) is 13.2 Å². The Balaban J connectivity index is 1.71. The zero-order chi connectivity index (χ0) is 16.6. The summed E-state index contributed by atoms with van der Waals surface area (Å²) in [4.78, 5) is 0. The highest BCUT2D eigenvalue weighted by molar-refractivity contribution is 5.87. The van der Waals surface area contributed by atoms with Crippen molar-refractivity contribution in [2.45, 2.75) is 58.4 Å². The van der Waals surface area contributed by atoms with Crippen molar-refractivity contribution in [1.29, 1.82) is 0 Å². The minimum absolute atomic E-state index is 0.810. The van der Waals surface area contributed by atoms with E-state index in [4.69, 9.17) is 4.74 Å². The predicted octanol–water partition coefficient (Wildman–Crippen LogP) is 5.69. The first-order valence-corrected chi connectivity index (χ1v) is 9.72. The molecule has 0 spiro atoms. The van der Waals surface area contributed by atoms with E-state index in [9.17, 15) is 0 Å². The lowest BCUT2D eigenvalue weighted by molar-refractivity contribution is 0.304. The number of hydrogen-bond donors (Lipinski definition) is 1. The summed E-state index contributed by atoms with van der Waals surface area (Å²) >= 11 is 0. The molecule has 0 saturated heterocycles. The molecule has 1 fully saturated rings. The van der Waals surface area contributed by atoms with Crippen LogP contribution in [0.15, 0.2) is 36.4 Å². The number of nitrogens with one attached hydrogen (secondary N) is 1. The van der Waals surface area contributed by atoms with Gasteiger partial charge in [-0.1, -0.05) is 62.9 Å². The molecular formula is C22H31NO. The third kappa shape index (κ3) is 4.51. The van der Waals surface area contributed by atoms with Gasteiger partial charge in [0.25, 0.3) is 0 Å². The largest absolute Gasteiger partial charge is 0.493 e. The summed E-state index contributed by atoms with van der Waals surface area (Å²) in [6, 6.07) is 13.0. The maximum absolute atomic E-state index is 6.09. The van der Waals surface area contributed by atoms with Gasteiger partial charge in [-0.15, -0.1) is 0 Å². The molecule has 0 aliphatic heterocycles. The summed E-state index contributed by atoms with van der Waals surface area (Å²) in [6.45, 7) is 5.05. The van der Waals surface area contributed by atoms with Gasteiger partial charge in [0.1, 0.15) is 5.75 Å². The van der Waals surface area contributed by atoms with E-state index < -0.39 is 0 Å². The molecule has 0 amide bonds. The number of benzene rings is 2. The van der Waals surface area contributed by atoms with Gasteiger partial charge in [0.05, 0.1) is 6.61 Å². The number of ether oxygens (including phenoxy) is 1. The second-order valence-electron chi connectivity index (χ2n) is 7.10. The Labute approximate surface area is 146 Å². The maximum Gasteiger partial charge on any atom is 0.124 e. The summed E-state index contributed by atoms with van der Waals surface area (Å²) in [5, 5.41) is 6.34. The Morgan fingerprint density at radius 2 is 1.88 bits per heavy atom. The van der Waals surface area contributed by atoms with Crippen molar-refractivity contribution in [3.05, 3.63) is 42.0 Å². The van der Waals surface area contributed by atoms with E-state index in [0.29, 0.717) is 0 Å². The van der Waals surface area contributed by atoms with E-state index in [-0.39, 0.29) is 0 Å². The predicted molar refractivity (Wildman–Crippen MR) is 103 cm³/mol. The second-order valence-corrected chi connectivity index (χ2v) is 7.10. The van der Waals surface area contributed by atoms with Crippen molar-refractivity contribution in [2.24, 2.45) is 5.92 Å². The molecule has 0 radical (unpaired) electrons. The van der Waals surface area contributed by atoms with Crippen LogP contribution >= 0.6 is 0 Å². The van der Waals surface area contributed by atoms with Gasteiger partial charge in [-0.3, -0.25) is 0 Å². The van der Waals surface area contributed by atoms with Gasteiger partial charge >= 0.3 is 0 Å². The molecule has 1 N–H and O–H groups in total. The first-order valence-electron chi connectivity index (χ1n) is 9.72. The lowest BCUT2D eigenvalue weighted by Crippen LogP contribution is -2.24.